The molecular formula is C20H24N6O5. The number of aliphatic hydroxyl groups excluding tert-OH is 2. The third kappa shape index (κ3) is 4.68. The molecule has 2 unspecified atom stereocenters. The van der Waals surface area contributed by atoms with E-state index in [1.165, 1.54) is 10.9 Å². The van der Waals surface area contributed by atoms with Crippen molar-refractivity contribution in [1.82, 2.24) is 29.8 Å². The fourth-order valence-electron chi connectivity index (χ4n) is 3.50. The van der Waals surface area contributed by atoms with Crippen molar-refractivity contribution < 1.29 is 14.9 Å². The van der Waals surface area contributed by atoms with Crippen molar-refractivity contribution in [2.24, 2.45) is 0 Å². The fourth-order valence-corrected chi connectivity index (χ4v) is 3.50. The van der Waals surface area contributed by atoms with Crippen LogP contribution in [-0.2, 0) is 6.54 Å². The summed E-state index contributed by atoms with van der Waals surface area (Å²) in [6.07, 6.45) is -0.233. The Morgan fingerprint density at radius 3 is 2.81 bits per heavy atom. The van der Waals surface area contributed by atoms with Gasteiger partial charge in [0.2, 0.25) is 0 Å². The summed E-state index contributed by atoms with van der Waals surface area (Å²) in [4.78, 5) is 35.0. The number of fused-ring (bicyclic) bond motifs is 2. The van der Waals surface area contributed by atoms with E-state index in [4.69, 9.17) is 4.74 Å². The lowest BCUT2D eigenvalue weighted by Crippen LogP contribution is -2.37. The van der Waals surface area contributed by atoms with Crippen molar-refractivity contribution in [3.8, 4) is 5.75 Å². The molecule has 0 fully saturated rings. The molecule has 2 atom stereocenters. The number of nitrogens with zero attached hydrogens (tertiary/aromatic N) is 2. The smallest absolute Gasteiger partial charge is 0.327 e. The predicted octanol–water partition coefficient (Wildman–Crippen LogP) is -0.407. The van der Waals surface area contributed by atoms with Crippen molar-refractivity contribution >= 4 is 22.1 Å². The average molecular weight is 428 g/mol. The predicted molar refractivity (Wildman–Crippen MR) is 114 cm³/mol. The molecule has 4 aromatic rings. The SMILES string of the molecule is Cc1cc2c(OCC(O)CNCC(O)Cn3cnc4[nH]c(=O)[nH]c(=O)c43)cccc2[nH]1. The number of aromatic nitrogens is 5. The molecule has 11 heteroatoms. The van der Waals surface area contributed by atoms with Gasteiger partial charge in [-0.2, -0.15) is 0 Å². The number of nitrogens with one attached hydrogen (secondary N) is 4. The monoisotopic (exact) mass is 428 g/mol. The minimum Gasteiger partial charge on any atom is -0.490 e. The third-order valence-electron chi connectivity index (χ3n) is 4.87. The molecule has 6 N–H and O–H groups in total. The fraction of sp³-hybridized carbons (Fsp3) is 0.350. The summed E-state index contributed by atoms with van der Waals surface area (Å²) in [5.41, 5.74) is 1.14. The Hall–Kier alpha value is -3.41. The minimum atomic E-state index is -0.839. The number of H-pyrrole nitrogens is 3. The number of aromatic amines is 3. The Morgan fingerprint density at radius 1 is 1.16 bits per heavy atom. The Balaban J connectivity index is 1.26. The minimum absolute atomic E-state index is 0.0973. The molecule has 3 aromatic heterocycles. The van der Waals surface area contributed by atoms with Gasteiger partial charge in [-0.1, -0.05) is 6.07 Å². The first-order valence-electron chi connectivity index (χ1n) is 9.86. The molecule has 4 rings (SSSR count). The van der Waals surface area contributed by atoms with Gasteiger partial charge in [0.05, 0.1) is 19.0 Å². The number of hydrogen-bond acceptors (Lipinski definition) is 7. The van der Waals surface area contributed by atoms with Crippen LogP contribution in [0.3, 0.4) is 0 Å². The number of hydrogen-bond donors (Lipinski definition) is 6. The second-order valence-electron chi connectivity index (χ2n) is 7.45. The lowest BCUT2D eigenvalue weighted by molar-refractivity contribution is 0.0980. The molecule has 0 amide bonds. The highest BCUT2D eigenvalue weighted by atomic mass is 16.5. The van der Waals surface area contributed by atoms with Crippen LogP contribution in [0.2, 0.25) is 0 Å². The zero-order chi connectivity index (χ0) is 22.0. The summed E-state index contributed by atoms with van der Waals surface area (Å²) < 4.78 is 7.22. The molecule has 0 radical (unpaired) electrons. The standard InChI is InChI=1S/C20H24N6O5/c1-11-5-14-15(23-11)3-2-4-16(14)31-9-13(28)7-21-6-12(27)8-26-10-22-18-17(26)19(29)25-20(30)24-18/h2-5,10,12-13,21,23,27-28H,6-9H2,1H3,(H2,24,25,29,30). The largest absolute Gasteiger partial charge is 0.490 e. The molecule has 0 aliphatic carbocycles. The molecular weight excluding hydrogens is 404 g/mol. The van der Waals surface area contributed by atoms with E-state index in [9.17, 15) is 19.8 Å². The molecule has 164 valence electrons. The number of benzene rings is 1. The van der Waals surface area contributed by atoms with Crippen LogP contribution in [0.25, 0.3) is 22.1 Å². The molecule has 31 heavy (non-hydrogen) atoms. The molecule has 0 saturated heterocycles. The highest BCUT2D eigenvalue weighted by Gasteiger charge is 2.13. The van der Waals surface area contributed by atoms with Gasteiger partial charge in [0, 0.05) is 29.7 Å². The van der Waals surface area contributed by atoms with Crippen molar-refractivity contribution in [3.63, 3.8) is 0 Å². The quantitative estimate of drug-likeness (QED) is 0.211. The Kier molecular flexibility index (Phi) is 5.89. The van der Waals surface area contributed by atoms with E-state index in [1.54, 1.807) is 0 Å². The van der Waals surface area contributed by atoms with E-state index in [-0.39, 0.29) is 37.4 Å². The molecule has 3 heterocycles. The highest BCUT2D eigenvalue weighted by molar-refractivity contribution is 5.86. The van der Waals surface area contributed by atoms with E-state index < -0.39 is 23.5 Å². The summed E-state index contributed by atoms with van der Waals surface area (Å²) in [7, 11) is 0. The van der Waals surface area contributed by atoms with Crippen molar-refractivity contribution in [2.75, 3.05) is 19.7 Å². The highest BCUT2D eigenvalue weighted by Crippen LogP contribution is 2.26. The van der Waals surface area contributed by atoms with Crippen LogP contribution in [0.15, 0.2) is 40.2 Å². The van der Waals surface area contributed by atoms with Crippen LogP contribution < -0.4 is 21.3 Å². The Morgan fingerprint density at radius 2 is 1.97 bits per heavy atom. The summed E-state index contributed by atoms with van der Waals surface area (Å²) in [5.74, 6) is 0.691. The topological polar surface area (TPSA) is 161 Å². The normalized spacial score (nSPS) is 13.6. The summed E-state index contributed by atoms with van der Waals surface area (Å²) in [6, 6.07) is 7.69. The second-order valence-corrected chi connectivity index (χ2v) is 7.45. The van der Waals surface area contributed by atoms with Gasteiger partial charge in [-0.15, -0.1) is 0 Å². The Bertz CT molecular complexity index is 1300. The van der Waals surface area contributed by atoms with E-state index >= 15 is 0 Å². The molecule has 0 aliphatic rings. The van der Waals surface area contributed by atoms with E-state index in [1.807, 2.05) is 31.2 Å². The number of rotatable bonds is 9. The van der Waals surface area contributed by atoms with Crippen molar-refractivity contribution in [1.29, 1.82) is 0 Å². The average Bonchev–Trinajstić information content (AvgIpc) is 3.29. The van der Waals surface area contributed by atoms with Gasteiger partial charge < -0.3 is 29.8 Å². The van der Waals surface area contributed by atoms with Gasteiger partial charge in [-0.05, 0) is 25.1 Å². The van der Waals surface area contributed by atoms with Crippen LogP contribution >= 0.6 is 0 Å². The van der Waals surface area contributed by atoms with Crippen molar-refractivity contribution in [3.05, 3.63) is 57.1 Å². The first kappa shape index (κ1) is 20.8. The zero-order valence-corrected chi connectivity index (χ0v) is 16.9. The molecule has 0 bridgehead atoms. The van der Waals surface area contributed by atoms with E-state index in [2.05, 4.69) is 25.3 Å². The van der Waals surface area contributed by atoms with E-state index in [0.29, 0.717) is 5.75 Å². The lowest BCUT2D eigenvalue weighted by atomic mass is 10.2. The van der Waals surface area contributed by atoms with Gasteiger partial charge in [-0.25, -0.2) is 9.78 Å². The molecule has 1 aromatic carbocycles. The van der Waals surface area contributed by atoms with Crippen LogP contribution in [0.4, 0.5) is 0 Å². The van der Waals surface area contributed by atoms with Crippen LogP contribution in [0.1, 0.15) is 5.69 Å². The maximum Gasteiger partial charge on any atom is 0.327 e. The third-order valence-corrected chi connectivity index (χ3v) is 4.87. The van der Waals surface area contributed by atoms with Crippen molar-refractivity contribution in [2.45, 2.75) is 25.7 Å². The first-order valence-corrected chi connectivity index (χ1v) is 9.86. The molecule has 0 saturated carbocycles. The summed E-state index contributed by atoms with van der Waals surface area (Å²) in [5, 5.41) is 24.4. The van der Waals surface area contributed by atoms with E-state index in [0.717, 1.165) is 16.6 Å². The number of ether oxygens (including phenoxy) is 1. The summed E-state index contributed by atoms with van der Waals surface area (Å²) in [6.45, 7) is 2.57. The molecule has 0 aliphatic heterocycles. The lowest BCUT2D eigenvalue weighted by Gasteiger charge is -2.16. The maximum absolute atomic E-state index is 12.0. The maximum atomic E-state index is 12.0. The van der Waals surface area contributed by atoms with Gasteiger partial charge in [-0.3, -0.25) is 14.8 Å². The number of imidazole rings is 1. The van der Waals surface area contributed by atoms with Crippen LogP contribution in [-0.4, -0.2) is 66.6 Å². The van der Waals surface area contributed by atoms with Gasteiger partial charge >= 0.3 is 5.69 Å². The van der Waals surface area contributed by atoms with Gasteiger partial charge in [0.1, 0.15) is 18.5 Å². The molecule has 11 nitrogen and oxygen atoms in total. The summed E-state index contributed by atoms with van der Waals surface area (Å²) >= 11 is 0. The van der Waals surface area contributed by atoms with Crippen LogP contribution in [0, 0.1) is 6.92 Å². The first-order chi connectivity index (χ1) is 14.9. The molecule has 0 spiro atoms. The number of aryl methyl sites for hydroxylation is 1. The van der Waals surface area contributed by atoms with Crippen LogP contribution in [0.5, 0.6) is 5.75 Å². The second kappa shape index (κ2) is 8.76. The number of aliphatic hydroxyl groups is 2. The Labute approximate surface area is 175 Å². The van der Waals surface area contributed by atoms with Gasteiger partial charge in [0.25, 0.3) is 5.56 Å². The zero-order valence-electron chi connectivity index (χ0n) is 16.9. The van der Waals surface area contributed by atoms with Gasteiger partial charge in [0.15, 0.2) is 11.2 Å².